The topological polar surface area (TPSA) is 9.23 Å². The molecule has 2 aromatic carbocycles. The highest BCUT2D eigenvalue weighted by Crippen LogP contribution is 2.29. The predicted molar refractivity (Wildman–Crippen MR) is 75.7 cm³/mol. The van der Waals surface area contributed by atoms with Crippen molar-refractivity contribution in [3.05, 3.63) is 59.7 Å². The number of benzene rings is 2. The van der Waals surface area contributed by atoms with Crippen LogP contribution in [-0.4, -0.2) is 13.6 Å². The van der Waals surface area contributed by atoms with Crippen LogP contribution < -0.4 is 10.2 Å². The summed E-state index contributed by atoms with van der Waals surface area (Å²) in [6, 6.07) is 10.2. The maximum atomic E-state index is 13.9. The van der Waals surface area contributed by atoms with Crippen LogP contribution >= 0.6 is 0 Å². The second kappa shape index (κ2) is 5.98. The standard InChI is InChI=1S/C15H13BF5O/c1-11-7-8-14(13(9-11)16(19,20)21)22-10-15(17,18)12-5-3-2-4-6-12/h2-9H,10H2,1H3/q-1. The van der Waals surface area contributed by atoms with Gasteiger partial charge in [0.05, 0.1) is 5.75 Å². The fourth-order valence-electron chi connectivity index (χ4n) is 1.99. The van der Waals surface area contributed by atoms with Gasteiger partial charge in [-0.2, -0.15) is 8.78 Å². The smallest absolute Gasteiger partial charge is 0.490 e. The molecule has 0 unspecified atom stereocenters. The Bertz CT molecular complexity index is 640. The second-order valence-corrected chi connectivity index (χ2v) is 4.98. The fourth-order valence-corrected chi connectivity index (χ4v) is 1.99. The Balaban J connectivity index is 2.22. The largest absolute Gasteiger partial charge is 0.513 e. The van der Waals surface area contributed by atoms with Crippen LogP contribution in [0.15, 0.2) is 48.5 Å². The van der Waals surface area contributed by atoms with E-state index in [0.29, 0.717) is 5.56 Å². The van der Waals surface area contributed by atoms with E-state index in [-0.39, 0.29) is 5.56 Å². The molecule has 0 atom stereocenters. The highest BCUT2D eigenvalue weighted by atomic mass is 19.4. The number of alkyl halides is 2. The van der Waals surface area contributed by atoms with Crippen LogP contribution in [0.3, 0.4) is 0 Å². The molecule has 0 saturated carbocycles. The van der Waals surface area contributed by atoms with Crippen LogP contribution in [0.5, 0.6) is 5.75 Å². The number of aryl methyl sites for hydroxylation is 1. The van der Waals surface area contributed by atoms with Crippen LogP contribution in [0, 0.1) is 6.92 Å². The number of halogens is 5. The zero-order chi connectivity index (χ0) is 16.4. The minimum atomic E-state index is -5.33. The molecular weight excluding hydrogens is 302 g/mol. The first-order valence-electron chi connectivity index (χ1n) is 6.57. The first-order chi connectivity index (χ1) is 10.2. The first kappa shape index (κ1) is 16.3. The maximum absolute atomic E-state index is 13.9. The Hall–Kier alpha value is -2.05. The molecule has 0 bridgehead atoms. The van der Waals surface area contributed by atoms with Gasteiger partial charge in [0, 0.05) is 5.56 Å². The summed E-state index contributed by atoms with van der Waals surface area (Å²) in [5.74, 6) is -3.95. The van der Waals surface area contributed by atoms with Crippen molar-refractivity contribution in [2.75, 3.05) is 6.61 Å². The number of hydrogen-bond donors (Lipinski definition) is 0. The third-order valence-electron chi connectivity index (χ3n) is 3.12. The van der Waals surface area contributed by atoms with Gasteiger partial charge >= 0.3 is 12.9 Å². The highest BCUT2D eigenvalue weighted by molar-refractivity contribution is 6.74. The molecule has 22 heavy (non-hydrogen) atoms. The Morgan fingerprint density at radius 2 is 1.64 bits per heavy atom. The molecule has 0 aliphatic heterocycles. The van der Waals surface area contributed by atoms with Gasteiger partial charge in [-0.3, -0.25) is 0 Å². The van der Waals surface area contributed by atoms with Crippen molar-refractivity contribution in [1.82, 2.24) is 0 Å². The summed E-state index contributed by atoms with van der Waals surface area (Å²) in [4.78, 5) is 0. The molecule has 0 aliphatic rings. The predicted octanol–water partition coefficient (Wildman–Crippen LogP) is 4.22. The highest BCUT2D eigenvalue weighted by Gasteiger charge is 2.34. The molecular formula is C15H13BF5O-. The molecule has 0 N–H and O–H groups in total. The minimum absolute atomic E-state index is 0.304. The Kier molecular flexibility index (Phi) is 4.44. The molecule has 0 aromatic heterocycles. The summed E-state index contributed by atoms with van der Waals surface area (Å²) >= 11 is 0. The van der Waals surface area contributed by atoms with Crippen molar-refractivity contribution in [3.63, 3.8) is 0 Å². The van der Waals surface area contributed by atoms with Gasteiger partial charge < -0.3 is 17.7 Å². The summed E-state index contributed by atoms with van der Waals surface area (Å²) in [7, 11) is 0. The molecule has 0 amide bonds. The molecule has 1 nitrogen and oxygen atoms in total. The molecule has 7 heteroatoms. The van der Waals surface area contributed by atoms with Crippen LogP contribution in [-0.2, 0) is 5.92 Å². The summed E-state index contributed by atoms with van der Waals surface area (Å²) in [6.07, 6.45) is 0. The third kappa shape index (κ3) is 3.78. The van der Waals surface area contributed by atoms with Gasteiger partial charge in [0.25, 0.3) is 0 Å². The van der Waals surface area contributed by atoms with E-state index in [0.717, 1.165) is 12.1 Å². The van der Waals surface area contributed by atoms with Crippen LogP contribution in [0.4, 0.5) is 21.7 Å². The lowest BCUT2D eigenvalue weighted by Gasteiger charge is -2.23. The van der Waals surface area contributed by atoms with Gasteiger partial charge in [-0.1, -0.05) is 53.5 Å². The first-order valence-corrected chi connectivity index (χ1v) is 6.57. The van der Waals surface area contributed by atoms with E-state index in [1.165, 1.54) is 37.3 Å². The Labute approximate surface area is 124 Å². The zero-order valence-corrected chi connectivity index (χ0v) is 11.7. The summed E-state index contributed by atoms with van der Waals surface area (Å²) < 4.78 is 71.6. The van der Waals surface area contributed by atoms with Crippen molar-refractivity contribution in [2.45, 2.75) is 12.8 Å². The van der Waals surface area contributed by atoms with Crippen molar-refractivity contribution in [3.8, 4) is 5.75 Å². The van der Waals surface area contributed by atoms with Crippen LogP contribution in [0.1, 0.15) is 11.1 Å². The van der Waals surface area contributed by atoms with Gasteiger partial charge in [-0.05, 0) is 13.0 Å². The van der Waals surface area contributed by atoms with Crippen LogP contribution in [0.25, 0.3) is 0 Å². The quantitative estimate of drug-likeness (QED) is 0.593. The second-order valence-electron chi connectivity index (χ2n) is 4.98. The van der Waals surface area contributed by atoms with E-state index in [4.69, 9.17) is 4.74 Å². The summed E-state index contributed by atoms with van der Waals surface area (Å²) in [6.45, 7) is -4.99. The molecule has 2 rings (SSSR count). The Morgan fingerprint density at radius 3 is 2.23 bits per heavy atom. The normalized spacial score (nSPS) is 12.3. The maximum Gasteiger partial charge on any atom is 0.513 e. The number of ether oxygens (including phenoxy) is 1. The number of hydrogen-bond acceptors (Lipinski definition) is 1. The molecule has 118 valence electrons. The number of rotatable bonds is 5. The monoisotopic (exact) mass is 315 g/mol. The van der Waals surface area contributed by atoms with E-state index in [1.807, 2.05) is 0 Å². The average Bonchev–Trinajstić information content (AvgIpc) is 2.46. The zero-order valence-electron chi connectivity index (χ0n) is 11.7. The SMILES string of the molecule is Cc1ccc(OCC(F)(F)c2ccccc2)c([B-](F)(F)F)c1. The average molecular weight is 315 g/mol. The van der Waals surface area contributed by atoms with Crippen molar-refractivity contribution in [2.24, 2.45) is 0 Å². The Morgan fingerprint density at radius 1 is 1.00 bits per heavy atom. The molecule has 0 aliphatic carbocycles. The van der Waals surface area contributed by atoms with E-state index in [9.17, 15) is 21.7 Å². The lowest BCUT2D eigenvalue weighted by molar-refractivity contribution is -0.0465. The lowest BCUT2D eigenvalue weighted by Crippen LogP contribution is -2.36. The molecule has 0 fully saturated rings. The van der Waals surface area contributed by atoms with Crippen LogP contribution in [0.2, 0.25) is 0 Å². The van der Waals surface area contributed by atoms with E-state index < -0.39 is 30.7 Å². The fraction of sp³-hybridized carbons (Fsp3) is 0.200. The molecule has 0 radical (unpaired) electrons. The van der Waals surface area contributed by atoms with Crippen molar-refractivity contribution < 1.29 is 26.5 Å². The molecule has 0 spiro atoms. The van der Waals surface area contributed by atoms with Gasteiger partial charge in [0.1, 0.15) is 0 Å². The molecule has 0 heterocycles. The minimum Gasteiger partial charge on any atom is -0.490 e. The van der Waals surface area contributed by atoms with Gasteiger partial charge in [-0.15, -0.1) is 0 Å². The van der Waals surface area contributed by atoms with Crippen molar-refractivity contribution >= 4 is 12.4 Å². The van der Waals surface area contributed by atoms with Gasteiger partial charge in [0.2, 0.25) is 0 Å². The summed E-state index contributed by atoms with van der Waals surface area (Å²) in [5.41, 5.74) is -0.915. The lowest BCUT2D eigenvalue weighted by atomic mass is 9.78. The molecule has 0 saturated heterocycles. The molecule has 2 aromatic rings. The summed E-state index contributed by atoms with van der Waals surface area (Å²) in [5, 5.41) is 0. The van der Waals surface area contributed by atoms with E-state index in [2.05, 4.69) is 0 Å². The third-order valence-corrected chi connectivity index (χ3v) is 3.12. The van der Waals surface area contributed by atoms with E-state index >= 15 is 0 Å². The van der Waals surface area contributed by atoms with Gasteiger partial charge in [0.15, 0.2) is 6.61 Å². The van der Waals surface area contributed by atoms with E-state index in [1.54, 1.807) is 6.07 Å². The van der Waals surface area contributed by atoms with Crippen molar-refractivity contribution in [1.29, 1.82) is 0 Å². The van der Waals surface area contributed by atoms with Gasteiger partial charge in [-0.25, -0.2) is 0 Å².